The van der Waals surface area contributed by atoms with E-state index < -0.39 is 0 Å². The summed E-state index contributed by atoms with van der Waals surface area (Å²) in [6.45, 7) is 1.73. The molecule has 1 N–H and O–H groups in total. The summed E-state index contributed by atoms with van der Waals surface area (Å²) < 4.78 is 0. The number of rotatable bonds is 0. The van der Waals surface area contributed by atoms with Crippen LogP contribution in [0.3, 0.4) is 0 Å². The number of aliphatic hydroxyl groups is 1. The van der Waals surface area contributed by atoms with Crippen molar-refractivity contribution in [3.63, 3.8) is 0 Å². The number of nitrogens with zero attached hydrogens (tertiary/aromatic N) is 1. The first-order valence-electron chi connectivity index (χ1n) is 1.67. The summed E-state index contributed by atoms with van der Waals surface area (Å²) >= 11 is 0. The number of aliphatic imine (C=N–C) groups is 1. The molecule has 1 heterocycles. The SMILES string of the molecule is CC1=C(O)[C-]=N1. The highest BCUT2D eigenvalue weighted by atomic mass is 16.3. The number of allylic oxidation sites excluding steroid dienone is 2. The molecule has 0 spiro atoms. The van der Waals surface area contributed by atoms with Crippen LogP contribution in [0.4, 0.5) is 0 Å². The first-order chi connectivity index (χ1) is 2.80. The molecule has 0 radical (unpaired) electrons. The van der Waals surface area contributed by atoms with Gasteiger partial charge in [0.15, 0.2) is 0 Å². The molecule has 0 atom stereocenters. The van der Waals surface area contributed by atoms with Crippen molar-refractivity contribution >= 4 is 6.21 Å². The molecule has 0 saturated carbocycles. The third-order valence-electron chi connectivity index (χ3n) is 0.672. The van der Waals surface area contributed by atoms with Gasteiger partial charge in [-0.1, -0.05) is 6.92 Å². The fraction of sp³-hybridized carbons (Fsp3) is 0.250. The van der Waals surface area contributed by atoms with Crippen molar-refractivity contribution in [2.45, 2.75) is 6.92 Å². The zero-order valence-corrected chi connectivity index (χ0v) is 3.39. The van der Waals surface area contributed by atoms with Crippen molar-refractivity contribution in [1.29, 1.82) is 0 Å². The first-order valence-corrected chi connectivity index (χ1v) is 1.67. The van der Waals surface area contributed by atoms with E-state index in [1.807, 2.05) is 0 Å². The highest BCUT2D eigenvalue weighted by Gasteiger charge is 1.90. The van der Waals surface area contributed by atoms with E-state index in [4.69, 9.17) is 5.11 Å². The lowest BCUT2D eigenvalue weighted by molar-refractivity contribution is 0.432. The second-order valence-electron chi connectivity index (χ2n) is 1.16. The van der Waals surface area contributed by atoms with Crippen LogP contribution < -0.4 is 0 Å². The summed E-state index contributed by atoms with van der Waals surface area (Å²) in [5.74, 6) is 0.190. The number of hydrogen-bond donors (Lipinski definition) is 1. The average Bonchev–Trinajstić information content (AvgIpc) is 1.61. The molecule has 1 rings (SSSR count). The topological polar surface area (TPSA) is 32.6 Å². The van der Waals surface area contributed by atoms with Crippen LogP contribution in [0.5, 0.6) is 0 Å². The van der Waals surface area contributed by atoms with Crippen LogP contribution in [-0.2, 0) is 0 Å². The zero-order valence-electron chi connectivity index (χ0n) is 3.39. The maximum atomic E-state index is 8.39. The van der Waals surface area contributed by atoms with Crippen LogP contribution in [0.15, 0.2) is 16.4 Å². The molecule has 0 fully saturated rings. The van der Waals surface area contributed by atoms with Crippen molar-refractivity contribution in [3.8, 4) is 0 Å². The fourth-order valence-electron chi connectivity index (χ4n) is 0.218. The van der Waals surface area contributed by atoms with Crippen LogP contribution in [-0.4, -0.2) is 11.3 Å². The second kappa shape index (κ2) is 0.834. The van der Waals surface area contributed by atoms with E-state index >= 15 is 0 Å². The molecule has 1 aliphatic rings. The van der Waals surface area contributed by atoms with Crippen molar-refractivity contribution < 1.29 is 5.11 Å². The van der Waals surface area contributed by atoms with E-state index in [-0.39, 0.29) is 5.76 Å². The van der Waals surface area contributed by atoms with Crippen molar-refractivity contribution in [2.75, 3.05) is 0 Å². The van der Waals surface area contributed by atoms with Crippen LogP contribution in [0.25, 0.3) is 0 Å². The molecule has 0 unspecified atom stereocenters. The van der Waals surface area contributed by atoms with Gasteiger partial charge in [0.2, 0.25) is 0 Å². The summed E-state index contributed by atoms with van der Waals surface area (Å²) in [5.41, 5.74) is 0.676. The van der Waals surface area contributed by atoms with Crippen LogP contribution in [0, 0.1) is 0 Å². The Kier molecular flexibility index (Phi) is 0.473. The molecular formula is C4H4NO-. The van der Waals surface area contributed by atoms with Gasteiger partial charge < -0.3 is 10.1 Å². The average molecular weight is 82.1 g/mol. The molecule has 0 aromatic heterocycles. The van der Waals surface area contributed by atoms with Gasteiger partial charge in [0.1, 0.15) is 0 Å². The predicted octanol–water partition coefficient (Wildman–Crippen LogP) is 0.737. The second-order valence-corrected chi connectivity index (χ2v) is 1.16. The van der Waals surface area contributed by atoms with Gasteiger partial charge in [0, 0.05) is 5.76 Å². The van der Waals surface area contributed by atoms with Gasteiger partial charge in [0.25, 0.3) is 0 Å². The van der Waals surface area contributed by atoms with Crippen LogP contribution in [0.1, 0.15) is 6.92 Å². The Morgan fingerprint density at radius 3 is 2.33 bits per heavy atom. The van der Waals surface area contributed by atoms with Gasteiger partial charge >= 0.3 is 0 Å². The lowest BCUT2D eigenvalue weighted by Crippen LogP contribution is -1.95. The molecular weight excluding hydrogens is 78.1 g/mol. The monoisotopic (exact) mass is 82.0 g/mol. The summed E-state index contributed by atoms with van der Waals surface area (Å²) in [6.07, 6.45) is 2.32. The van der Waals surface area contributed by atoms with Gasteiger partial charge in [-0.05, 0) is 11.9 Å². The van der Waals surface area contributed by atoms with Crippen molar-refractivity contribution in [2.24, 2.45) is 4.99 Å². The van der Waals surface area contributed by atoms with E-state index in [0.717, 1.165) is 0 Å². The lowest BCUT2D eigenvalue weighted by atomic mass is 10.3. The summed E-state index contributed by atoms with van der Waals surface area (Å²) in [7, 11) is 0. The van der Waals surface area contributed by atoms with E-state index in [1.165, 1.54) is 0 Å². The molecule has 0 bridgehead atoms. The standard InChI is InChI=1S/C4H4NO/c1-3-4(6)2-5-3/h6H,1H3/q-1. The molecule has 32 valence electrons. The molecule has 2 nitrogen and oxygen atoms in total. The van der Waals surface area contributed by atoms with Crippen LogP contribution >= 0.6 is 0 Å². The van der Waals surface area contributed by atoms with E-state index in [2.05, 4.69) is 11.2 Å². The normalized spacial score (nSPS) is 18.2. The molecule has 0 aliphatic carbocycles. The van der Waals surface area contributed by atoms with Gasteiger partial charge in [-0.25, -0.2) is 0 Å². The Labute approximate surface area is 35.8 Å². The Balaban J connectivity index is 2.71. The van der Waals surface area contributed by atoms with E-state index in [0.29, 0.717) is 5.70 Å². The highest BCUT2D eigenvalue weighted by molar-refractivity contribution is 5.83. The predicted molar refractivity (Wildman–Crippen MR) is 22.8 cm³/mol. The lowest BCUT2D eigenvalue weighted by Gasteiger charge is -2.11. The maximum absolute atomic E-state index is 8.39. The molecule has 0 aromatic carbocycles. The first kappa shape index (κ1) is 3.40. The Hall–Kier alpha value is -0.790. The minimum absolute atomic E-state index is 0.190. The summed E-state index contributed by atoms with van der Waals surface area (Å²) in [4.78, 5) is 3.53. The smallest absolute Gasteiger partial charge is 0.0431 e. The van der Waals surface area contributed by atoms with Crippen molar-refractivity contribution in [3.05, 3.63) is 11.5 Å². The summed E-state index contributed by atoms with van der Waals surface area (Å²) in [5, 5.41) is 8.39. The third kappa shape index (κ3) is 0.233. The minimum atomic E-state index is 0.190. The molecule has 0 saturated heterocycles. The Bertz CT molecular complexity index is 110. The minimum Gasteiger partial charge on any atom is -0.531 e. The molecule has 2 heteroatoms. The quantitative estimate of drug-likeness (QED) is 0.429. The van der Waals surface area contributed by atoms with E-state index in [9.17, 15) is 0 Å². The highest BCUT2D eigenvalue weighted by Crippen LogP contribution is 2.07. The third-order valence-corrected chi connectivity index (χ3v) is 0.672. The largest absolute Gasteiger partial charge is 0.531 e. The fourth-order valence-corrected chi connectivity index (χ4v) is 0.218. The van der Waals surface area contributed by atoms with E-state index in [1.54, 1.807) is 6.92 Å². The van der Waals surface area contributed by atoms with Gasteiger partial charge in [-0.15, -0.1) is 0 Å². The van der Waals surface area contributed by atoms with Crippen molar-refractivity contribution in [1.82, 2.24) is 0 Å². The number of hydrogen-bond acceptors (Lipinski definition) is 2. The molecule has 0 aromatic rings. The molecule has 6 heavy (non-hydrogen) atoms. The van der Waals surface area contributed by atoms with Crippen LogP contribution in [0.2, 0.25) is 0 Å². The molecule has 1 aliphatic heterocycles. The Morgan fingerprint density at radius 1 is 1.83 bits per heavy atom. The summed E-state index contributed by atoms with van der Waals surface area (Å²) in [6, 6.07) is 0. The number of aliphatic hydroxyl groups excluding tert-OH is 1. The zero-order chi connectivity index (χ0) is 4.57. The Morgan fingerprint density at radius 2 is 2.33 bits per heavy atom. The van der Waals surface area contributed by atoms with Gasteiger partial charge in [-0.2, -0.15) is 0 Å². The maximum Gasteiger partial charge on any atom is 0.0431 e. The van der Waals surface area contributed by atoms with Gasteiger partial charge in [-0.3, -0.25) is 0 Å². The molecule has 0 amide bonds. The van der Waals surface area contributed by atoms with Gasteiger partial charge in [0.05, 0.1) is 0 Å².